The van der Waals surface area contributed by atoms with E-state index < -0.39 is 5.91 Å². The molecule has 1 aromatic rings. The van der Waals surface area contributed by atoms with Crippen LogP contribution in [0.2, 0.25) is 0 Å². The van der Waals surface area contributed by atoms with Crippen molar-refractivity contribution in [3.63, 3.8) is 0 Å². The number of carbonyl (C=O) groups is 2. The van der Waals surface area contributed by atoms with E-state index in [9.17, 15) is 9.59 Å². The van der Waals surface area contributed by atoms with E-state index in [1.165, 1.54) is 7.11 Å². The first-order chi connectivity index (χ1) is 9.65. The fourth-order valence-corrected chi connectivity index (χ4v) is 2.08. The zero-order valence-electron chi connectivity index (χ0n) is 11.9. The van der Waals surface area contributed by atoms with E-state index in [0.29, 0.717) is 12.1 Å². The first kappa shape index (κ1) is 16.1. The highest BCUT2D eigenvalue weighted by molar-refractivity contribution is 5.92. The molecule has 2 N–H and O–H groups in total. The Balaban J connectivity index is 2.19. The Bertz CT molecular complexity index is 446. The zero-order chi connectivity index (χ0) is 14.8. The van der Waals surface area contributed by atoms with Gasteiger partial charge >= 0.3 is 5.97 Å². The summed E-state index contributed by atoms with van der Waals surface area (Å²) in [4.78, 5) is 26.1. The van der Waals surface area contributed by atoms with Crippen LogP contribution in [0.1, 0.15) is 54.6 Å². The number of amides is 1. The molecule has 1 aromatic heterocycles. The Morgan fingerprint density at radius 2 is 1.90 bits per heavy atom. The van der Waals surface area contributed by atoms with Gasteiger partial charge in [0.2, 0.25) is 0 Å². The molecular weight excluding hydrogens is 256 g/mol. The van der Waals surface area contributed by atoms with Gasteiger partial charge in [-0.3, -0.25) is 14.6 Å². The number of hydrogen-bond acceptors (Lipinski definition) is 4. The van der Waals surface area contributed by atoms with Gasteiger partial charge in [-0.15, -0.1) is 0 Å². The van der Waals surface area contributed by atoms with E-state index in [4.69, 9.17) is 5.73 Å². The third kappa shape index (κ3) is 5.82. The lowest BCUT2D eigenvalue weighted by Crippen LogP contribution is -2.15. The summed E-state index contributed by atoms with van der Waals surface area (Å²) in [6.45, 7) is 0. The number of nitrogens with zero attached hydrogens (tertiary/aromatic N) is 1. The SMILES string of the molecule is COC(=O)CCCCCCCc1cccnc1C(N)=O. The van der Waals surface area contributed by atoms with Gasteiger partial charge in [0.15, 0.2) is 0 Å². The minimum absolute atomic E-state index is 0.147. The van der Waals surface area contributed by atoms with Crippen LogP contribution in [0, 0.1) is 0 Å². The number of rotatable bonds is 9. The predicted molar refractivity (Wildman–Crippen MR) is 76.2 cm³/mol. The van der Waals surface area contributed by atoms with Crippen molar-refractivity contribution in [1.82, 2.24) is 4.98 Å². The molecule has 0 unspecified atom stereocenters. The molecule has 110 valence electrons. The molecule has 0 saturated heterocycles. The smallest absolute Gasteiger partial charge is 0.305 e. The molecule has 0 aromatic carbocycles. The van der Waals surface area contributed by atoms with E-state index in [-0.39, 0.29) is 5.97 Å². The fourth-order valence-electron chi connectivity index (χ4n) is 2.08. The largest absolute Gasteiger partial charge is 0.469 e. The Hall–Kier alpha value is -1.91. The summed E-state index contributed by atoms with van der Waals surface area (Å²) in [7, 11) is 1.41. The molecule has 0 radical (unpaired) electrons. The highest BCUT2D eigenvalue weighted by Gasteiger charge is 2.08. The van der Waals surface area contributed by atoms with Gasteiger partial charge in [-0.05, 0) is 30.9 Å². The molecule has 0 fully saturated rings. The third-order valence-electron chi connectivity index (χ3n) is 3.18. The molecule has 1 heterocycles. The standard InChI is InChI=1S/C15H22N2O3/c1-20-13(18)10-6-4-2-3-5-8-12-9-7-11-17-14(12)15(16)19/h7,9,11H,2-6,8,10H2,1H3,(H2,16,19). The zero-order valence-corrected chi connectivity index (χ0v) is 11.9. The average molecular weight is 278 g/mol. The molecule has 0 aliphatic heterocycles. The molecule has 0 spiro atoms. The summed E-state index contributed by atoms with van der Waals surface area (Å²) >= 11 is 0. The molecule has 5 heteroatoms. The van der Waals surface area contributed by atoms with E-state index in [1.807, 2.05) is 12.1 Å². The highest BCUT2D eigenvalue weighted by atomic mass is 16.5. The van der Waals surface area contributed by atoms with Crippen LogP contribution in [-0.2, 0) is 16.0 Å². The molecule has 1 amide bonds. The van der Waals surface area contributed by atoms with E-state index in [0.717, 1.165) is 44.1 Å². The van der Waals surface area contributed by atoms with Crippen LogP contribution in [0.4, 0.5) is 0 Å². The number of unbranched alkanes of at least 4 members (excludes halogenated alkanes) is 4. The van der Waals surface area contributed by atoms with Gasteiger partial charge in [0.05, 0.1) is 7.11 Å². The third-order valence-corrected chi connectivity index (χ3v) is 3.18. The summed E-state index contributed by atoms with van der Waals surface area (Å²) in [5.74, 6) is -0.620. The highest BCUT2D eigenvalue weighted by Crippen LogP contribution is 2.12. The number of carbonyl (C=O) groups excluding carboxylic acids is 2. The van der Waals surface area contributed by atoms with Crippen LogP contribution in [0.25, 0.3) is 0 Å². The van der Waals surface area contributed by atoms with Crippen LogP contribution in [0.3, 0.4) is 0 Å². The van der Waals surface area contributed by atoms with E-state index in [1.54, 1.807) is 6.20 Å². The molecule has 1 rings (SSSR count). The van der Waals surface area contributed by atoms with Crippen LogP contribution < -0.4 is 5.73 Å². The molecular formula is C15H22N2O3. The maximum atomic E-state index is 11.2. The molecule has 0 aliphatic carbocycles. The Labute approximate surface area is 119 Å². The number of aryl methyl sites for hydroxylation is 1. The topological polar surface area (TPSA) is 82.3 Å². The maximum Gasteiger partial charge on any atom is 0.305 e. The fraction of sp³-hybridized carbons (Fsp3) is 0.533. The van der Waals surface area contributed by atoms with Crippen molar-refractivity contribution in [2.24, 2.45) is 5.73 Å². The lowest BCUT2D eigenvalue weighted by Gasteiger charge is -2.05. The van der Waals surface area contributed by atoms with Crippen LogP contribution in [0.15, 0.2) is 18.3 Å². The number of nitrogens with two attached hydrogens (primary N) is 1. The Morgan fingerprint density at radius 3 is 2.60 bits per heavy atom. The van der Waals surface area contributed by atoms with Crippen molar-refractivity contribution in [1.29, 1.82) is 0 Å². The average Bonchev–Trinajstić information content (AvgIpc) is 2.46. The van der Waals surface area contributed by atoms with Crippen molar-refractivity contribution in [2.45, 2.75) is 44.9 Å². The lowest BCUT2D eigenvalue weighted by molar-refractivity contribution is -0.140. The van der Waals surface area contributed by atoms with Gasteiger partial charge in [-0.1, -0.05) is 25.3 Å². The van der Waals surface area contributed by atoms with Crippen LogP contribution in [-0.4, -0.2) is 24.0 Å². The molecule has 5 nitrogen and oxygen atoms in total. The van der Waals surface area contributed by atoms with Crippen LogP contribution in [0.5, 0.6) is 0 Å². The number of ether oxygens (including phenoxy) is 1. The summed E-state index contributed by atoms with van der Waals surface area (Å²) in [6.07, 6.45) is 7.89. The van der Waals surface area contributed by atoms with Crippen molar-refractivity contribution < 1.29 is 14.3 Å². The summed E-state index contributed by atoms with van der Waals surface area (Å²) in [5, 5.41) is 0. The number of aromatic nitrogens is 1. The van der Waals surface area contributed by atoms with Crippen LogP contribution >= 0.6 is 0 Å². The van der Waals surface area contributed by atoms with Crippen molar-refractivity contribution >= 4 is 11.9 Å². The number of methoxy groups -OCH3 is 1. The van der Waals surface area contributed by atoms with Gasteiger partial charge in [0.25, 0.3) is 5.91 Å². The maximum absolute atomic E-state index is 11.2. The molecule has 0 aliphatic rings. The second-order valence-corrected chi connectivity index (χ2v) is 4.72. The molecule has 0 saturated carbocycles. The number of hydrogen-bond donors (Lipinski definition) is 1. The normalized spacial score (nSPS) is 10.2. The quantitative estimate of drug-likeness (QED) is 0.554. The van der Waals surface area contributed by atoms with E-state index >= 15 is 0 Å². The van der Waals surface area contributed by atoms with Crippen molar-refractivity contribution in [3.05, 3.63) is 29.6 Å². The summed E-state index contributed by atoms with van der Waals surface area (Å²) in [5.41, 5.74) is 6.57. The first-order valence-corrected chi connectivity index (χ1v) is 6.95. The summed E-state index contributed by atoms with van der Waals surface area (Å²) in [6, 6.07) is 3.71. The Morgan fingerprint density at radius 1 is 1.20 bits per heavy atom. The van der Waals surface area contributed by atoms with Crippen molar-refractivity contribution in [2.75, 3.05) is 7.11 Å². The minimum Gasteiger partial charge on any atom is -0.469 e. The van der Waals surface area contributed by atoms with Crippen molar-refractivity contribution in [3.8, 4) is 0 Å². The first-order valence-electron chi connectivity index (χ1n) is 6.95. The second kappa shape index (κ2) is 9.07. The minimum atomic E-state index is -0.473. The number of pyridine rings is 1. The van der Waals surface area contributed by atoms with Gasteiger partial charge < -0.3 is 10.5 Å². The molecule has 0 atom stereocenters. The molecule has 0 bridgehead atoms. The Kier molecular flexibility index (Phi) is 7.32. The molecule has 20 heavy (non-hydrogen) atoms. The predicted octanol–water partition coefficient (Wildman–Crippen LogP) is 2.24. The number of esters is 1. The lowest BCUT2D eigenvalue weighted by atomic mass is 10.0. The monoisotopic (exact) mass is 278 g/mol. The van der Waals surface area contributed by atoms with Gasteiger partial charge in [0, 0.05) is 12.6 Å². The second-order valence-electron chi connectivity index (χ2n) is 4.72. The van der Waals surface area contributed by atoms with E-state index in [2.05, 4.69) is 9.72 Å². The number of primary amides is 1. The van der Waals surface area contributed by atoms with Gasteiger partial charge in [0.1, 0.15) is 5.69 Å². The van der Waals surface area contributed by atoms with Gasteiger partial charge in [-0.25, -0.2) is 0 Å². The summed E-state index contributed by atoms with van der Waals surface area (Å²) < 4.78 is 4.58. The van der Waals surface area contributed by atoms with Gasteiger partial charge in [-0.2, -0.15) is 0 Å².